The lowest BCUT2D eigenvalue weighted by molar-refractivity contribution is -0.0470. The Balaban J connectivity index is 2.44. The van der Waals surface area contributed by atoms with Crippen LogP contribution in [0, 0.1) is 0 Å². The molecule has 0 saturated heterocycles. The van der Waals surface area contributed by atoms with Gasteiger partial charge in [0.25, 0.3) is 0 Å². The van der Waals surface area contributed by atoms with E-state index in [1.165, 1.54) is 0 Å². The highest BCUT2D eigenvalue weighted by molar-refractivity contribution is 6.31. The van der Waals surface area contributed by atoms with Crippen LogP contribution in [0.5, 0.6) is 0 Å². The fraction of sp³-hybridized carbons (Fsp3) is 0.700. The van der Waals surface area contributed by atoms with Gasteiger partial charge in [0.15, 0.2) is 0 Å². The molecule has 78 valence electrons. The fourth-order valence-corrected chi connectivity index (χ4v) is 2.22. The molecule has 2 rings (SSSR count). The summed E-state index contributed by atoms with van der Waals surface area (Å²) in [6, 6.07) is 0.238. The molecule has 1 heterocycles. The Hall–Kier alpha value is -0.540. The van der Waals surface area contributed by atoms with Crippen LogP contribution >= 0.6 is 11.6 Å². The van der Waals surface area contributed by atoms with Crippen LogP contribution in [0.25, 0.3) is 0 Å². The van der Waals surface area contributed by atoms with E-state index in [-0.39, 0.29) is 6.04 Å². The maximum atomic E-state index is 10.2. The minimum atomic E-state index is -0.724. The third-order valence-electron chi connectivity index (χ3n) is 2.86. The summed E-state index contributed by atoms with van der Waals surface area (Å²) >= 11 is 6.04. The molecule has 4 heteroatoms. The predicted molar refractivity (Wildman–Crippen MR) is 55.4 cm³/mol. The summed E-state index contributed by atoms with van der Waals surface area (Å²) in [5.41, 5.74) is 0.0677. The molecule has 1 aromatic rings. The number of aliphatic hydroxyl groups is 1. The van der Waals surface area contributed by atoms with E-state index in [9.17, 15) is 5.11 Å². The van der Waals surface area contributed by atoms with E-state index in [2.05, 4.69) is 5.10 Å². The Morgan fingerprint density at radius 2 is 2.21 bits per heavy atom. The van der Waals surface area contributed by atoms with Gasteiger partial charge in [0.2, 0.25) is 0 Å². The Bertz CT molecular complexity index is 342. The van der Waals surface area contributed by atoms with Crippen molar-refractivity contribution in [2.24, 2.45) is 0 Å². The number of hydrogen-bond donors (Lipinski definition) is 1. The molecule has 0 amide bonds. The lowest BCUT2D eigenvalue weighted by Gasteiger charge is -2.37. The first kappa shape index (κ1) is 9.99. The average Bonchev–Trinajstić information content (AvgIpc) is 2.43. The van der Waals surface area contributed by atoms with Gasteiger partial charge in [0.1, 0.15) is 5.60 Å². The van der Waals surface area contributed by atoms with Crippen LogP contribution in [0.3, 0.4) is 0 Å². The van der Waals surface area contributed by atoms with Crippen molar-refractivity contribution in [2.75, 3.05) is 0 Å². The largest absolute Gasteiger partial charge is 0.384 e. The number of aromatic nitrogens is 2. The molecule has 1 fully saturated rings. The predicted octanol–water partition coefficient (Wildman–Crippen LogP) is 2.49. The number of halogens is 1. The van der Waals surface area contributed by atoms with Gasteiger partial charge >= 0.3 is 0 Å². The minimum absolute atomic E-state index is 0.238. The summed E-state index contributed by atoms with van der Waals surface area (Å²) in [5.74, 6) is 0. The van der Waals surface area contributed by atoms with Crippen LogP contribution in [0.15, 0.2) is 6.20 Å². The van der Waals surface area contributed by atoms with Crippen molar-refractivity contribution in [1.82, 2.24) is 9.78 Å². The highest BCUT2D eigenvalue weighted by atomic mass is 35.5. The van der Waals surface area contributed by atoms with Gasteiger partial charge in [-0.1, -0.05) is 11.6 Å². The molecule has 1 aliphatic rings. The van der Waals surface area contributed by atoms with Gasteiger partial charge in [-0.2, -0.15) is 5.10 Å². The first-order valence-electron chi connectivity index (χ1n) is 5.00. The van der Waals surface area contributed by atoms with Crippen molar-refractivity contribution < 1.29 is 5.11 Å². The Morgan fingerprint density at radius 3 is 2.64 bits per heavy atom. The Morgan fingerprint density at radius 1 is 1.57 bits per heavy atom. The first-order chi connectivity index (χ1) is 6.54. The maximum Gasteiger partial charge on any atom is 0.108 e. The molecule has 1 aromatic heterocycles. The highest BCUT2D eigenvalue weighted by Gasteiger charge is 2.41. The molecule has 1 N–H and O–H groups in total. The van der Waals surface area contributed by atoms with E-state index in [4.69, 9.17) is 11.6 Å². The molecular formula is C10H15ClN2O. The van der Waals surface area contributed by atoms with Crippen molar-refractivity contribution in [3.8, 4) is 0 Å². The molecular weight excluding hydrogens is 200 g/mol. The van der Waals surface area contributed by atoms with Gasteiger partial charge < -0.3 is 5.11 Å². The fourth-order valence-electron chi connectivity index (χ4n) is 1.92. The van der Waals surface area contributed by atoms with Crippen molar-refractivity contribution in [3.05, 3.63) is 16.9 Å². The third kappa shape index (κ3) is 1.35. The summed E-state index contributed by atoms with van der Waals surface area (Å²) in [6.07, 6.45) is 4.28. The smallest absolute Gasteiger partial charge is 0.108 e. The molecule has 0 atom stereocenters. The SMILES string of the molecule is CC(C)n1ncc(Cl)c1C1(O)CCC1. The van der Waals surface area contributed by atoms with Gasteiger partial charge in [-0.25, -0.2) is 0 Å². The topological polar surface area (TPSA) is 38.0 Å². The molecule has 1 aliphatic carbocycles. The van der Waals surface area contributed by atoms with Crippen molar-refractivity contribution in [3.63, 3.8) is 0 Å². The maximum absolute atomic E-state index is 10.2. The number of nitrogens with zero attached hydrogens (tertiary/aromatic N) is 2. The minimum Gasteiger partial charge on any atom is -0.384 e. The monoisotopic (exact) mass is 214 g/mol. The summed E-state index contributed by atoms with van der Waals surface area (Å²) < 4.78 is 1.82. The van der Waals surface area contributed by atoms with Gasteiger partial charge in [-0.05, 0) is 33.1 Å². The normalized spacial score (nSPS) is 19.8. The Labute approximate surface area is 88.7 Å². The molecule has 0 spiro atoms. The van der Waals surface area contributed by atoms with E-state index in [0.29, 0.717) is 5.02 Å². The summed E-state index contributed by atoms with van der Waals surface area (Å²) in [4.78, 5) is 0. The van der Waals surface area contributed by atoms with Gasteiger partial charge in [0, 0.05) is 6.04 Å². The zero-order valence-corrected chi connectivity index (χ0v) is 9.25. The third-order valence-corrected chi connectivity index (χ3v) is 3.14. The standard InChI is InChI=1S/C10H15ClN2O/c1-7(2)13-9(8(11)6-12-13)10(14)4-3-5-10/h6-7,14H,3-5H2,1-2H3. The van der Waals surface area contributed by atoms with E-state index in [1.54, 1.807) is 6.20 Å². The van der Waals surface area contributed by atoms with Crippen molar-refractivity contribution in [2.45, 2.75) is 44.8 Å². The number of rotatable bonds is 2. The molecule has 3 nitrogen and oxygen atoms in total. The molecule has 14 heavy (non-hydrogen) atoms. The Kier molecular flexibility index (Phi) is 2.32. The van der Waals surface area contributed by atoms with Gasteiger partial charge in [-0.3, -0.25) is 4.68 Å². The van der Waals surface area contributed by atoms with Gasteiger partial charge in [-0.15, -0.1) is 0 Å². The number of hydrogen-bond acceptors (Lipinski definition) is 2. The highest BCUT2D eigenvalue weighted by Crippen LogP contribution is 2.44. The van der Waals surface area contributed by atoms with Crippen LogP contribution in [-0.4, -0.2) is 14.9 Å². The molecule has 0 aromatic carbocycles. The average molecular weight is 215 g/mol. The summed E-state index contributed by atoms with van der Waals surface area (Å²) in [7, 11) is 0. The second-order valence-electron chi connectivity index (χ2n) is 4.26. The van der Waals surface area contributed by atoms with Gasteiger partial charge in [0.05, 0.1) is 16.9 Å². The zero-order valence-electron chi connectivity index (χ0n) is 8.50. The van der Waals surface area contributed by atoms with E-state index < -0.39 is 5.60 Å². The van der Waals surface area contributed by atoms with Crippen LogP contribution < -0.4 is 0 Å². The lowest BCUT2D eigenvalue weighted by Crippen LogP contribution is -2.36. The lowest BCUT2D eigenvalue weighted by atomic mass is 9.77. The van der Waals surface area contributed by atoms with Crippen molar-refractivity contribution in [1.29, 1.82) is 0 Å². The molecule has 0 aliphatic heterocycles. The zero-order chi connectivity index (χ0) is 10.3. The van der Waals surface area contributed by atoms with Crippen LogP contribution in [-0.2, 0) is 5.60 Å². The van der Waals surface area contributed by atoms with Crippen LogP contribution in [0.1, 0.15) is 44.8 Å². The molecule has 0 bridgehead atoms. The summed E-state index contributed by atoms with van der Waals surface area (Å²) in [5, 5.41) is 15.0. The van der Waals surface area contributed by atoms with E-state index >= 15 is 0 Å². The first-order valence-corrected chi connectivity index (χ1v) is 5.38. The summed E-state index contributed by atoms with van der Waals surface area (Å²) in [6.45, 7) is 4.07. The quantitative estimate of drug-likeness (QED) is 0.822. The second kappa shape index (κ2) is 3.24. The second-order valence-corrected chi connectivity index (χ2v) is 4.67. The van der Waals surface area contributed by atoms with Crippen LogP contribution in [0.4, 0.5) is 0 Å². The molecule has 1 saturated carbocycles. The van der Waals surface area contributed by atoms with Crippen LogP contribution in [0.2, 0.25) is 5.02 Å². The van der Waals surface area contributed by atoms with Crippen molar-refractivity contribution >= 4 is 11.6 Å². The molecule has 0 radical (unpaired) electrons. The van der Waals surface area contributed by atoms with E-state index in [1.807, 2.05) is 18.5 Å². The molecule has 0 unspecified atom stereocenters. The van der Waals surface area contributed by atoms with E-state index in [0.717, 1.165) is 25.0 Å².